The minimum Gasteiger partial charge on any atom is -0.272 e. The number of aromatic nitrogens is 2. The van der Waals surface area contributed by atoms with Gasteiger partial charge >= 0.3 is 6.18 Å². The van der Waals surface area contributed by atoms with Crippen LogP contribution in [0.3, 0.4) is 0 Å². The fourth-order valence-corrected chi connectivity index (χ4v) is 2.84. The molecule has 2 aromatic rings. The Bertz CT molecular complexity index is 606. The predicted octanol–water partition coefficient (Wildman–Crippen LogP) is 4.78. The van der Waals surface area contributed by atoms with Crippen molar-refractivity contribution in [3.05, 3.63) is 39.0 Å². The summed E-state index contributed by atoms with van der Waals surface area (Å²) < 4.78 is 38.2. The molecule has 1 aromatic heterocycles. The maximum atomic E-state index is 12.7. The third-order valence-electron chi connectivity index (χ3n) is 2.90. The zero-order valence-corrected chi connectivity index (χ0v) is 12.2. The van der Waals surface area contributed by atoms with Gasteiger partial charge in [-0.1, -0.05) is 17.7 Å². The zero-order chi connectivity index (χ0) is 14.4. The molecule has 0 unspecified atom stereocenters. The summed E-state index contributed by atoms with van der Waals surface area (Å²) in [5.74, 6) is 0. The molecular weight excluding hydrogens is 321 g/mol. The van der Waals surface area contributed by atoms with Gasteiger partial charge < -0.3 is 0 Å². The Morgan fingerprint density at radius 3 is 2.05 bits per heavy atom. The van der Waals surface area contributed by atoms with Crippen LogP contribution in [0.25, 0.3) is 11.3 Å². The predicted molar refractivity (Wildman–Crippen MR) is 70.9 cm³/mol. The van der Waals surface area contributed by atoms with E-state index in [-0.39, 0.29) is 4.47 Å². The Kier molecular flexibility index (Phi) is 3.47. The Balaban J connectivity index is 2.65. The van der Waals surface area contributed by atoms with E-state index in [4.69, 9.17) is 0 Å². The fourth-order valence-electron chi connectivity index (χ4n) is 2.24. The average Bonchev–Trinajstić information content (AvgIpc) is 2.58. The van der Waals surface area contributed by atoms with Crippen molar-refractivity contribution in [2.75, 3.05) is 0 Å². The molecule has 0 aliphatic carbocycles. The van der Waals surface area contributed by atoms with Gasteiger partial charge in [0.15, 0.2) is 5.69 Å². The van der Waals surface area contributed by atoms with Crippen molar-refractivity contribution in [3.8, 4) is 11.3 Å². The molecule has 0 aliphatic heterocycles. The Morgan fingerprint density at radius 1 is 1.11 bits per heavy atom. The topological polar surface area (TPSA) is 28.7 Å². The van der Waals surface area contributed by atoms with Gasteiger partial charge in [0, 0.05) is 5.56 Å². The molecule has 2 nitrogen and oxygen atoms in total. The van der Waals surface area contributed by atoms with Crippen LogP contribution in [-0.4, -0.2) is 10.2 Å². The second kappa shape index (κ2) is 4.67. The van der Waals surface area contributed by atoms with Gasteiger partial charge in [0.25, 0.3) is 0 Å². The first kappa shape index (κ1) is 14.1. The van der Waals surface area contributed by atoms with Crippen LogP contribution in [0.1, 0.15) is 22.4 Å². The number of benzene rings is 1. The molecule has 2 rings (SSSR count). The molecule has 1 N–H and O–H groups in total. The number of alkyl halides is 3. The normalized spacial score (nSPS) is 11.9. The number of rotatable bonds is 1. The summed E-state index contributed by atoms with van der Waals surface area (Å²) in [7, 11) is 0. The summed E-state index contributed by atoms with van der Waals surface area (Å²) in [6.45, 7) is 5.68. The third kappa shape index (κ3) is 2.54. The summed E-state index contributed by atoms with van der Waals surface area (Å²) in [5, 5.41) is 5.87. The van der Waals surface area contributed by atoms with Crippen LogP contribution in [0.15, 0.2) is 16.6 Å². The second-order valence-corrected chi connectivity index (χ2v) is 5.33. The molecule has 102 valence electrons. The monoisotopic (exact) mass is 332 g/mol. The van der Waals surface area contributed by atoms with Gasteiger partial charge in [-0.2, -0.15) is 18.3 Å². The first-order valence-electron chi connectivity index (χ1n) is 5.61. The van der Waals surface area contributed by atoms with Gasteiger partial charge in [-0.3, -0.25) is 5.10 Å². The molecule has 0 saturated heterocycles. The lowest BCUT2D eigenvalue weighted by atomic mass is 9.97. The number of halogens is 4. The minimum absolute atomic E-state index is 0.0462. The Labute approximate surface area is 117 Å². The maximum absolute atomic E-state index is 12.7. The fraction of sp³-hybridized carbons (Fsp3) is 0.308. The third-order valence-corrected chi connectivity index (χ3v) is 3.68. The standard InChI is InChI=1S/C13H12BrF3N2/c1-6-4-7(2)9(8(3)5-6)11-10(14)12(19-18-11)13(15,16)17/h4-5H,1-3H3,(H,18,19). The van der Waals surface area contributed by atoms with E-state index in [2.05, 4.69) is 26.1 Å². The Hall–Kier alpha value is -1.30. The maximum Gasteiger partial charge on any atom is 0.433 e. The molecule has 0 fully saturated rings. The van der Waals surface area contributed by atoms with Crippen LogP contribution in [0, 0.1) is 20.8 Å². The van der Waals surface area contributed by atoms with Crippen molar-refractivity contribution in [2.45, 2.75) is 26.9 Å². The molecule has 0 bridgehead atoms. The van der Waals surface area contributed by atoms with Crippen LogP contribution in [0.2, 0.25) is 0 Å². The van der Waals surface area contributed by atoms with Gasteiger partial charge in [-0.25, -0.2) is 0 Å². The summed E-state index contributed by atoms with van der Waals surface area (Å²) >= 11 is 3.00. The van der Waals surface area contributed by atoms with Gasteiger partial charge in [-0.15, -0.1) is 0 Å². The highest BCUT2D eigenvalue weighted by Crippen LogP contribution is 2.40. The summed E-state index contributed by atoms with van der Waals surface area (Å²) in [6.07, 6.45) is -4.45. The molecule has 1 heterocycles. The number of nitrogens with zero attached hydrogens (tertiary/aromatic N) is 1. The van der Waals surface area contributed by atoms with Gasteiger partial charge in [-0.05, 0) is 47.8 Å². The van der Waals surface area contributed by atoms with Gasteiger partial charge in [0.05, 0.1) is 4.47 Å². The van der Waals surface area contributed by atoms with Crippen molar-refractivity contribution in [1.29, 1.82) is 0 Å². The van der Waals surface area contributed by atoms with Crippen LogP contribution in [-0.2, 0) is 6.18 Å². The van der Waals surface area contributed by atoms with E-state index in [9.17, 15) is 13.2 Å². The average molecular weight is 333 g/mol. The van der Waals surface area contributed by atoms with Crippen molar-refractivity contribution >= 4 is 15.9 Å². The van der Waals surface area contributed by atoms with Gasteiger partial charge in [0.1, 0.15) is 5.69 Å². The number of H-pyrrole nitrogens is 1. The smallest absolute Gasteiger partial charge is 0.272 e. The van der Waals surface area contributed by atoms with Crippen molar-refractivity contribution < 1.29 is 13.2 Å². The first-order chi connectivity index (χ1) is 8.71. The van der Waals surface area contributed by atoms with E-state index in [1.807, 2.05) is 32.9 Å². The largest absolute Gasteiger partial charge is 0.433 e. The lowest BCUT2D eigenvalue weighted by molar-refractivity contribution is -0.141. The highest BCUT2D eigenvalue weighted by molar-refractivity contribution is 9.10. The van der Waals surface area contributed by atoms with E-state index >= 15 is 0 Å². The van der Waals surface area contributed by atoms with Crippen LogP contribution in [0.4, 0.5) is 13.2 Å². The van der Waals surface area contributed by atoms with E-state index in [0.717, 1.165) is 22.3 Å². The molecule has 0 spiro atoms. The molecular formula is C13H12BrF3N2. The van der Waals surface area contributed by atoms with Crippen LogP contribution < -0.4 is 0 Å². The SMILES string of the molecule is Cc1cc(C)c(-c2n[nH]c(C(F)(F)F)c2Br)c(C)c1. The van der Waals surface area contributed by atoms with Gasteiger partial charge in [0.2, 0.25) is 0 Å². The highest BCUT2D eigenvalue weighted by Gasteiger charge is 2.37. The van der Waals surface area contributed by atoms with E-state index < -0.39 is 11.9 Å². The summed E-state index contributed by atoms with van der Waals surface area (Å²) in [6, 6.07) is 3.85. The lowest BCUT2D eigenvalue weighted by Gasteiger charge is -2.10. The van der Waals surface area contributed by atoms with E-state index in [1.165, 1.54) is 0 Å². The zero-order valence-electron chi connectivity index (χ0n) is 10.6. The molecule has 0 aliphatic rings. The van der Waals surface area contributed by atoms with Crippen LogP contribution in [0.5, 0.6) is 0 Å². The molecule has 1 aromatic carbocycles. The number of nitrogens with one attached hydrogen (secondary N) is 1. The summed E-state index contributed by atoms with van der Waals surface area (Å²) in [4.78, 5) is 0. The van der Waals surface area contributed by atoms with Crippen molar-refractivity contribution in [3.63, 3.8) is 0 Å². The van der Waals surface area contributed by atoms with Crippen molar-refractivity contribution in [2.24, 2.45) is 0 Å². The Morgan fingerprint density at radius 2 is 1.63 bits per heavy atom. The van der Waals surface area contributed by atoms with Crippen LogP contribution >= 0.6 is 15.9 Å². The first-order valence-corrected chi connectivity index (χ1v) is 6.40. The quantitative estimate of drug-likeness (QED) is 0.799. The second-order valence-electron chi connectivity index (χ2n) is 4.53. The lowest BCUT2D eigenvalue weighted by Crippen LogP contribution is -2.06. The molecule has 6 heteroatoms. The number of hydrogen-bond acceptors (Lipinski definition) is 1. The number of aryl methyl sites for hydroxylation is 3. The molecule has 0 saturated carbocycles. The van der Waals surface area contributed by atoms with Crippen molar-refractivity contribution in [1.82, 2.24) is 10.2 Å². The molecule has 0 amide bonds. The number of hydrogen-bond donors (Lipinski definition) is 1. The van der Waals surface area contributed by atoms with E-state index in [0.29, 0.717) is 5.69 Å². The highest BCUT2D eigenvalue weighted by atomic mass is 79.9. The number of aromatic amines is 1. The summed E-state index contributed by atoms with van der Waals surface area (Å²) in [5.41, 5.74) is 3.03. The van der Waals surface area contributed by atoms with E-state index in [1.54, 1.807) is 0 Å². The molecule has 0 radical (unpaired) electrons. The minimum atomic E-state index is -4.45. The molecule has 0 atom stereocenters. The molecule has 19 heavy (non-hydrogen) atoms.